The number of hydrogen-bond donors (Lipinski definition) is 1. The summed E-state index contributed by atoms with van der Waals surface area (Å²) in [5.41, 5.74) is 4.94. The summed E-state index contributed by atoms with van der Waals surface area (Å²) in [5.74, 6) is -0.813. The van der Waals surface area contributed by atoms with E-state index in [9.17, 15) is 18.0 Å². The number of nitrogens with two attached hydrogens (primary N) is 1. The second-order valence-corrected chi connectivity index (χ2v) is 5.21. The first-order chi connectivity index (χ1) is 9.29. The highest BCUT2D eigenvalue weighted by Crippen LogP contribution is 2.31. The fraction of sp³-hybridized carbons (Fsp3) is 0.500. The summed E-state index contributed by atoms with van der Waals surface area (Å²) < 4.78 is 38.0. The largest absolute Gasteiger partial charge is 0.416 e. The number of benzene rings is 1. The van der Waals surface area contributed by atoms with Crippen LogP contribution in [0.1, 0.15) is 34.3 Å². The fourth-order valence-electron chi connectivity index (χ4n) is 2.65. The number of hydrogen-bond acceptors (Lipinski definition) is 2. The minimum absolute atomic E-state index is 0.0277. The molecular weight excluding hydrogens is 269 g/mol. The number of carbonyl (C=O) groups is 1. The van der Waals surface area contributed by atoms with E-state index in [0.717, 1.165) is 31.5 Å². The van der Waals surface area contributed by atoms with Crippen molar-refractivity contribution in [2.75, 3.05) is 13.6 Å². The van der Waals surface area contributed by atoms with E-state index in [2.05, 4.69) is 4.90 Å². The number of primary amides is 1. The molecule has 2 rings (SSSR count). The van der Waals surface area contributed by atoms with Gasteiger partial charge in [0.25, 0.3) is 0 Å². The molecule has 0 radical (unpaired) electrons. The van der Waals surface area contributed by atoms with Gasteiger partial charge < -0.3 is 10.6 Å². The zero-order valence-corrected chi connectivity index (χ0v) is 11.2. The van der Waals surface area contributed by atoms with Crippen LogP contribution in [0.3, 0.4) is 0 Å². The minimum atomic E-state index is -4.47. The van der Waals surface area contributed by atoms with Crippen molar-refractivity contribution in [1.82, 2.24) is 4.90 Å². The fourth-order valence-corrected chi connectivity index (χ4v) is 2.65. The molecule has 1 fully saturated rings. The normalized spacial score (nSPS) is 20.3. The Hall–Kier alpha value is -1.56. The van der Waals surface area contributed by atoms with E-state index in [0.29, 0.717) is 12.0 Å². The summed E-state index contributed by atoms with van der Waals surface area (Å²) in [7, 11) is 1.98. The highest BCUT2D eigenvalue weighted by Gasteiger charge is 2.32. The Morgan fingerprint density at radius 2 is 2.15 bits per heavy atom. The van der Waals surface area contributed by atoms with Crippen molar-refractivity contribution in [2.45, 2.75) is 31.5 Å². The molecule has 2 N–H and O–H groups in total. The Bertz CT molecular complexity index is 514. The van der Waals surface area contributed by atoms with Gasteiger partial charge in [-0.25, -0.2) is 0 Å². The molecule has 3 nitrogen and oxygen atoms in total. The lowest BCUT2D eigenvalue weighted by Gasteiger charge is -2.21. The zero-order valence-electron chi connectivity index (χ0n) is 11.2. The summed E-state index contributed by atoms with van der Waals surface area (Å²) >= 11 is 0. The van der Waals surface area contributed by atoms with Gasteiger partial charge in [-0.05, 0) is 50.6 Å². The molecule has 110 valence electrons. The molecule has 0 aliphatic carbocycles. The second kappa shape index (κ2) is 5.44. The molecule has 1 aromatic carbocycles. The van der Waals surface area contributed by atoms with Gasteiger partial charge >= 0.3 is 6.18 Å². The van der Waals surface area contributed by atoms with Crippen molar-refractivity contribution in [3.63, 3.8) is 0 Å². The molecule has 0 saturated carbocycles. The topological polar surface area (TPSA) is 46.3 Å². The standard InChI is InChI=1S/C14H17F3N2O/c1-19-6-2-3-11(19)7-9-4-5-10(14(15,16)17)8-12(9)13(18)20/h4-5,8,11H,2-3,6-7H2,1H3,(H2,18,20). The van der Waals surface area contributed by atoms with Gasteiger partial charge in [-0.3, -0.25) is 4.79 Å². The van der Waals surface area contributed by atoms with Crippen LogP contribution >= 0.6 is 0 Å². The van der Waals surface area contributed by atoms with Crippen LogP contribution in [-0.4, -0.2) is 30.4 Å². The van der Waals surface area contributed by atoms with Gasteiger partial charge in [0.2, 0.25) is 5.91 Å². The number of rotatable bonds is 3. The quantitative estimate of drug-likeness (QED) is 0.927. The van der Waals surface area contributed by atoms with E-state index < -0.39 is 17.6 Å². The van der Waals surface area contributed by atoms with Crippen molar-refractivity contribution < 1.29 is 18.0 Å². The Kier molecular flexibility index (Phi) is 4.04. The number of likely N-dealkylation sites (tertiary alicyclic amines) is 1. The molecule has 1 saturated heterocycles. The van der Waals surface area contributed by atoms with Crippen molar-refractivity contribution in [3.8, 4) is 0 Å². The van der Waals surface area contributed by atoms with Crippen LogP contribution in [0.5, 0.6) is 0 Å². The maximum Gasteiger partial charge on any atom is 0.416 e. The van der Waals surface area contributed by atoms with E-state index in [1.54, 1.807) is 0 Å². The van der Waals surface area contributed by atoms with Crippen LogP contribution in [0.15, 0.2) is 18.2 Å². The molecule has 0 aromatic heterocycles. The minimum Gasteiger partial charge on any atom is -0.366 e. The van der Waals surface area contributed by atoms with Crippen LogP contribution in [-0.2, 0) is 12.6 Å². The molecule has 1 unspecified atom stereocenters. The molecule has 6 heteroatoms. The zero-order chi connectivity index (χ0) is 14.9. The van der Waals surface area contributed by atoms with Crippen LogP contribution in [0.25, 0.3) is 0 Å². The van der Waals surface area contributed by atoms with Crippen LogP contribution in [0.2, 0.25) is 0 Å². The third kappa shape index (κ3) is 3.12. The number of carbonyl (C=O) groups excluding carboxylic acids is 1. The maximum absolute atomic E-state index is 12.7. The number of alkyl halides is 3. The predicted octanol–water partition coefficient (Wildman–Crippen LogP) is 2.44. The first-order valence-corrected chi connectivity index (χ1v) is 6.49. The lowest BCUT2D eigenvalue weighted by atomic mass is 9.96. The van der Waals surface area contributed by atoms with Gasteiger partial charge in [-0.1, -0.05) is 6.07 Å². The van der Waals surface area contributed by atoms with Crippen molar-refractivity contribution >= 4 is 5.91 Å². The maximum atomic E-state index is 12.7. The van der Waals surface area contributed by atoms with E-state index in [1.807, 2.05) is 7.05 Å². The van der Waals surface area contributed by atoms with Gasteiger partial charge in [0.05, 0.1) is 5.56 Å². The molecule has 1 aromatic rings. The van der Waals surface area contributed by atoms with E-state index in [1.165, 1.54) is 6.07 Å². The molecule has 0 spiro atoms. The van der Waals surface area contributed by atoms with Gasteiger partial charge in [-0.15, -0.1) is 0 Å². The summed E-state index contributed by atoms with van der Waals surface area (Å²) in [6, 6.07) is 3.49. The number of nitrogens with zero attached hydrogens (tertiary/aromatic N) is 1. The Morgan fingerprint density at radius 3 is 2.65 bits per heavy atom. The molecule has 1 atom stereocenters. The van der Waals surface area contributed by atoms with Crippen molar-refractivity contribution in [3.05, 3.63) is 34.9 Å². The highest BCUT2D eigenvalue weighted by atomic mass is 19.4. The number of amides is 1. The van der Waals surface area contributed by atoms with E-state index >= 15 is 0 Å². The average molecular weight is 286 g/mol. The summed E-state index contributed by atoms with van der Waals surface area (Å²) in [6.07, 6.45) is -1.87. The molecular formula is C14H17F3N2O. The highest BCUT2D eigenvalue weighted by molar-refractivity contribution is 5.94. The Morgan fingerprint density at radius 1 is 1.45 bits per heavy atom. The van der Waals surface area contributed by atoms with E-state index in [-0.39, 0.29) is 11.6 Å². The lowest BCUT2D eigenvalue weighted by molar-refractivity contribution is -0.137. The van der Waals surface area contributed by atoms with Gasteiger partial charge in [-0.2, -0.15) is 13.2 Å². The molecule has 1 heterocycles. The van der Waals surface area contributed by atoms with Crippen LogP contribution in [0, 0.1) is 0 Å². The van der Waals surface area contributed by atoms with Crippen molar-refractivity contribution in [2.24, 2.45) is 5.73 Å². The van der Waals surface area contributed by atoms with Gasteiger partial charge in [0.1, 0.15) is 0 Å². The predicted molar refractivity (Wildman–Crippen MR) is 69.3 cm³/mol. The Labute approximate surface area is 115 Å². The third-order valence-electron chi connectivity index (χ3n) is 3.83. The SMILES string of the molecule is CN1CCCC1Cc1ccc(C(F)(F)F)cc1C(N)=O. The number of likely N-dealkylation sites (N-methyl/N-ethyl adjacent to an activating group) is 1. The monoisotopic (exact) mass is 286 g/mol. The second-order valence-electron chi connectivity index (χ2n) is 5.21. The number of halogens is 3. The molecule has 1 aliphatic heterocycles. The molecule has 1 aliphatic rings. The molecule has 0 bridgehead atoms. The summed E-state index contributed by atoms with van der Waals surface area (Å²) in [6.45, 7) is 0.969. The smallest absolute Gasteiger partial charge is 0.366 e. The third-order valence-corrected chi connectivity index (χ3v) is 3.83. The van der Waals surface area contributed by atoms with Crippen molar-refractivity contribution in [1.29, 1.82) is 0 Å². The first-order valence-electron chi connectivity index (χ1n) is 6.49. The average Bonchev–Trinajstić information content (AvgIpc) is 2.74. The van der Waals surface area contributed by atoms with E-state index in [4.69, 9.17) is 5.73 Å². The molecule has 20 heavy (non-hydrogen) atoms. The van der Waals surface area contributed by atoms with Gasteiger partial charge in [0.15, 0.2) is 0 Å². The van der Waals surface area contributed by atoms with Crippen LogP contribution in [0.4, 0.5) is 13.2 Å². The summed E-state index contributed by atoms with van der Waals surface area (Å²) in [4.78, 5) is 13.6. The molecule has 1 amide bonds. The van der Waals surface area contributed by atoms with Gasteiger partial charge in [0, 0.05) is 11.6 Å². The first kappa shape index (κ1) is 14.8. The Balaban J connectivity index is 2.31. The summed E-state index contributed by atoms with van der Waals surface area (Å²) in [5, 5.41) is 0. The lowest BCUT2D eigenvalue weighted by Crippen LogP contribution is -2.28. The van der Waals surface area contributed by atoms with Crippen LogP contribution < -0.4 is 5.73 Å².